The van der Waals surface area contributed by atoms with Crippen molar-refractivity contribution in [2.45, 2.75) is 6.92 Å². The third-order valence-corrected chi connectivity index (χ3v) is 3.61. The van der Waals surface area contributed by atoms with Gasteiger partial charge >= 0.3 is 0 Å². The SMILES string of the molecule is Cc1ccc(Oc2ccccc2NC(=O)c2ccc(Br)o2)cc1. The number of benzene rings is 2. The number of anilines is 1. The Morgan fingerprint density at radius 3 is 2.48 bits per heavy atom. The van der Waals surface area contributed by atoms with Gasteiger partial charge in [0.1, 0.15) is 5.75 Å². The van der Waals surface area contributed by atoms with Crippen LogP contribution in [0.3, 0.4) is 0 Å². The number of para-hydroxylation sites is 2. The molecule has 0 spiro atoms. The van der Waals surface area contributed by atoms with Crippen molar-refractivity contribution in [3.63, 3.8) is 0 Å². The van der Waals surface area contributed by atoms with Crippen LogP contribution in [0.25, 0.3) is 0 Å². The molecule has 116 valence electrons. The van der Waals surface area contributed by atoms with Crippen LogP contribution in [0.5, 0.6) is 11.5 Å². The van der Waals surface area contributed by atoms with E-state index < -0.39 is 0 Å². The summed E-state index contributed by atoms with van der Waals surface area (Å²) in [5.41, 5.74) is 1.73. The van der Waals surface area contributed by atoms with Gasteiger partial charge in [-0.15, -0.1) is 0 Å². The van der Waals surface area contributed by atoms with E-state index in [0.717, 1.165) is 5.56 Å². The second-order valence-electron chi connectivity index (χ2n) is 4.97. The number of carbonyl (C=O) groups excluding carboxylic acids is 1. The molecule has 3 rings (SSSR count). The summed E-state index contributed by atoms with van der Waals surface area (Å²) in [6, 6.07) is 18.2. The Balaban J connectivity index is 1.80. The lowest BCUT2D eigenvalue weighted by Crippen LogP contribution is -2.11. The third-order valence-electron chi connectivity index (χ3n) is 3.18. The van der Waals surface area contributed by atoms with E-state index in [1.165, 1.54) is 0 Å². The largest absolute Gasteiger partial charge is 0.455 e. The fourth-order valence-electron chi connectivity index (χ4n) is 2.01. The minimum absolute atomic E-state index is 0.224. The van der Waals surface area contributed by atoms with Crippen molar-refractivity contribution in [3.8, 4) is 11.5 Å². The van der Waals surface area contributed by atoms with Gasteiger partial charge in [0, 0.05) is 0 Å². The molecule has 0 radical (unpaired) electrons. The Bertz CT molecular complexity index is 824. The summed E-state index contributed by atoms with van der Waals surface area (Å²) in [6.07, 6.45) is 0. The molecule has 0 bridgehead atoms. The summed E-state index contributed by atoms with van der Waals surface area (Å²) in [6.45, 7) is 2.01. The average molecular weight is 372 g/mol. The van der Waals surface area contributed by atoms with Crippen LogP contribution in [0.15, 0.2) is 69.8 Å². The van der Waals surface area contributed by atoms with E-state index in [9.17, 15) is 4.79 Å². The maximum Gasteiger partial charge on any atom is 0.291 e. The lowest BCUT2D eigenvalue weighted by atomic mass is 10.2. The second-order valence-corrected chi connectivity index (χ2v) is 5.75. The van der Waals surface area contributed by atoms with E-state index in [0.29, 0.717) is 21.9 Å². The standard InChI is InChI=1S/C18H14BrNO3/c1-12-6-8-13(9-7-12)22-15-5-3-2-4-14(15)20-18(21)16-10-11-17(19)23-16/h2-11H,1H3,(H,20,21). The number of halogens is 1. The molecular formula is C18H14BrNO3. The van der Waals surface area contributed by atoms with Crippen molar-refractivity contribution >= 4 is 27.5 Å². The number of ether oxygens (including phenoxy) is 1. The van der Waals surface area contributed by atoms with Crippen molar-refractivity contribution in [2.24, 2.45) is 0 Å². The summed E-state index contributed by atoms with van der Waals surface area (Å²) in [7, 11) is 0. The molecule has 2 aromatic carbocycles. The van der Waals surface area contributed by atoms with E-state index >= 15 is 0 Å². The van der Waals surface area contributed by atoms with E-state index in [1.807, 2.05) is 43.3 Å². The highest BCUT2D eigenvalue weighted by Gasteiger charge is 2.13. The summed E-state index contributed by atoms with van der Waals surface area (Å²) in [5.74, 6) is 1.16. The lowest BCUT2D eigenvalue weighted by molar-refractivity contribution is 0.0995. The van der Waals surface area contributed by atoms with Crippen molar-refractivity contribution in [1.82, 2.24) is 0 Å². The van der Waals surface area contributed by atoms with Crippen molar-refractivity contribution < 1.29 is 13.9 Å². The molecule has 0 atom stereocenters. The molecule has 0 saturated carbocycles. The lowest BCUT2D eigenvalue weighted by Gasteiger charge is -2.11. The van der Waals surface area contributed by atoms with Gasteiger partial charge in [-0.05, 0) is 59.3 Å². The van der Waals surface area contributed by atoms with Crippen LogP contribution in [0.2, 0.25) is 0 Å². The second kappa shape index (κ2) is 6.71. The number of rotatable bonds is 4. The quantitative estimate of drug-likeness (QED) is 0.668. The molecule has 5 heteroatoms. The molecule has 0 unspecified atom stereocenters. The predicted octanol–water partition coefficient (Wildman–Crippen LogP) is 5.40. The van der Waals surface area contributed by atoms with Crippen molar-refractivity contribution in [2.75, 3.05) is 5.32 Å². The zero-order chi connectivity index (χ0) is 16.2. The molecule has 0 aliphatic heterocycles. The zero-order valence-electron chi connectivity index (χ0n) is 12.4. The number of nitrogens with one attached hydrogen (secondary N) is 1. The average Bonchev–Trinajstić information content (AvgIpc) is 2.98. The number of amides is 1. The van der Waals surface area contributed by atoms with Gasteiger partial charge in [-0.25, -0.2) is 0 Å². The molecule has 1 amide bonds. The molecule has 4 nitrogen and oxygen atoms in total. The molecule has 1 N–H and O–H groups in total. The molecular weight excluding hydrogens is 358 g/mol. The van der Waals surface area contributed by atoms with E-state index in [4.69, 9.17) is 9.15 Å². The first-order valence-corrected chi connectivity index (χ1v) is 7.81. The number of aryl methyl sites for hydroxylation is 1. The molecule has 3 aromatic rings. The van der Waals surface area contributed by atoms with Gasteiger partial charge in [0.05, 0.1) is 5.69 Å². The Morgan fingerprint density at radius 1 is 1.04 bits per heavy atom. The fourth-order valence-corrected chi connectivity index (χ4v) is 2.32. The van der Waals surface area contributed by atoms with Gasteiger partial charge in [0.25, 0.3) is 5.91 Å². The van der Waals surface area contributed by atoms with Crippen LogP contribution in [-0.4, -0.2) is 5.91 Å². The Hall–Kier alpha value is -2.53. The smallest absolute Gasteiger partial charge is 0.291 e. The first-order chi connectivity index (χ1) is 11.1. The number of hydrogen-bond acceptors (Lipinski definition) is 3. The van der Waals surface area contributed by atoms with Crippen molar-refractivity contribution in [1.29, 1.82) is 0 Å². The van der Waals surface area contributed by atoms with Crippen molar-refractivity contribution in [3.05, 3.63) is 76.7 Å². The molecule has 0 saturated heterocycles. The first kappa shape index (κ1) is 15.4. The summed E-state index contributed by atoms with van der Waals surface area (Å²) < 4.78 is 11.6. The van der Waals surface area contributed by atoms with Gasteiger partial charge in [-0.2, -0.15) is 0 Å². The van der Waals surface area contributed by atoms with Crippen LogP contribution >= 0.6 is 15.9 Å². The monoisotopic (exact) mass is 371 g/mol. The van der Waals surface area contributed by atoms with Crippen LogP contribution < -0.4 is 10.1 Å². The normalized spacial score (nSPS) is 10.3. The maximum atomic E-state index is 12.2. The Labute approximate surface area is 142 Å². The topological polar surface area (TPSA) is 51.5 Å². The highest BCUT2D eigenvalue weighted by atomic mass is 79.9. The van der Waals surface area contributed by atoms with Gasteiger partial charge < -0.3 is 14.5 Å². The van der Waals surface area contributed by atoms with E-state index in [2.05, 4.69) is 21.2 Å². The maximum absolute atomic E-state index is 12.2. The Kier molecular flexibility index (Phi) is 4.48. The van der Waals surface area contributed by atoms with Gasteiger partial charge in [0.15, 0.2) is 16.2 Å². The molecule has 23 heavy (non-hydrogen) atoms. The summed E-state index contributed by atoms with van der Waals surface area (Å²) >= 11 is 3.18. The van der Waals surface area contributed by atoms with Gasteiger partial charge in [-0.1, -0.05) is 29.8 Å². The van der Waals surface area contributed by atoms with Gasteiger partial charge in [-0.3, -0.25) is 4.79 Å². The fraction of sp³-hybridized carbons (Fsp3) is 0.0556. The molecule has 1 aromatic heterocycles. The number of hydrogen-bond donors (Lipinski definition) is 1. The van der Waals surface area contributed by atoms with Crippen LogP contribution in [0.4, 0.5) is 5.69 Å². The number of carbonyl (C=O) groups is 1. The molecule has 0 fully saturated rings. The summed E-state index contributed by atoms with van der Waals surface area (Å²) in [5, 5.41) is 2.79. The Morgan fingerprint density at radius 2 is 1.78 bits per heavy atom. The molecule has 1 heterocycles. The molecule has 0 aliphatic rings. The zero-order valence-corrected chi connectivity index (χ0v) is 14.0. The molecule has 0 aliphatic carbocycles. The van der Waals surface area contributed by atoms with E-state index in [1.54, 1.807) is 24.3 Å². The predicted molar refractivity (Wildman–Crippen MR) is 92.1 cm³/mol. The van der Waals surface area contributed by atoms with Crippen LogP contribution in [-0.2, 0) is 0 Å². The van der Waals surface area contributed by atoms with Crippen LogP contribution in [0, 0.1) is 6.92 Å². The minimum atomic E-state index is -0.337. The highest BCUT2D eigenvalue weighted by Crippen LogP contribution is 2.30. The highest BCUT2D eigenvalue weighted by molar-refractivity contribution is 9.10. The first-order valence-electron chi connectivity index (χ1n) is 7.02. The minimum Gasteiger partial charge on any atom is -0.455 e. The van der Waals surface area contributed by atoms with Crippen LogP contribution in [0.1, 0.15) is 16.1 Å². The van der Waals surface area contributed by atoms with E-state index in [-0.39, 0.29) is 11.7 Å². The third kappa shape index (κ3) is 3.81. The summed E-state index contributed by atoms with van der Waals surface area (Å²) in [4.78, 5) is 12.2. The van der Waals surface area contributed by atoms with Gasteiger partial charge in [0.2, 0.25) is 0 Å². The number of furan rings is 1.